The molecule has 0 unspecified atom stereocenters. The fourth-order valence-corrected chi connectivity index (χ4v) is 3.11. The summed E-state index contributed by atoms with van der Waals surface area (Å²) in [5.74, 6) is 0.834. The molecule has 0 aliphatic carbocycles. The molecule has 0 spiro atoms. The van der Waals surface area contributed by atoms with Gasteiger partial charge in [-0.2, -0.15) is 4.52 Å². The Hall–Kier alpha value is -2.70. The maximum Gasteiger partial charge on any atom is 0.186 e. The minimum atomic E-state index is 0.661. The van der Waals surface area contributed by atoms with E-state index in [4.69, 9.17) is 16.6 Å². The third kappa shape index (κ3) is 3.09. The first-order valence-corrected chi connectivity index (χ1v) is 8.80. The Kier molecular flexibility index (Phi) is 4.44. The van der Waals surface area contributed by atoms with Crippen molar-refractivity contribution in [3.05, 3.63) is 53.6 Å². The summed E-state index contributed by atoms with van der Waals surface area (Å²) in [6.45, 7) is 1.72. The number of fused-ring (bicyclic) bond motifs is 3. The van der Waals surface area contributed by atoms with Gasteiger partial charge >= 0.3 is 0 Å². The molecule has 7 heteroatoms. The third-order valence-electron chi connectivity index (χ3n) is 4.20. The van der Waals surface area contributed by atoms with Crippen molar-refractivity contribution < 1.29 is 0 Å². The predicted octanol–water partition coefficient (Wildman–Crippen LogP) is 3.57. The molecule has 0 aliphatic heterocycles. The highest BCUT2D eigenvalue weighted by Crippen LogP contribution is 2.28. The topological polar surface area (TPSA) is 58.3 Å². The zero-order chi connectivity index (χ0) is 18.1. The summed E-state index contributed by atoms with van der Waals surface area (Å²) < 4.78 is 1.78. The van der Waals surface area contributed by atoms with E-state index >= 15 is 0 Å². The number of halogens is 1. The summed E-state index contributed by atoms with van der Waals surface area (Å²) in [7, 11) is 4.10. The Balaban J connectivity index is 1.88. The number of para-hydroxylation sites is 1. The van der Waals surface area contributed by atoms with Gasteiger partial charge in [0.2, 0.25) is 0 Å². The van der Waals surface area contributed by atoms with Gasteiger partial charge < -0.3 is 10.2 Å². The van der Waals surface area contributed by atoms with Gasteiger partial charge in [-0.15, -0.1) is 5.10 Å². The number of likely N-dealkylation sites (N-methyl/N-ethyl adjacent to an activating group) is 1. The highest BCUT2D eigenvalue weighted by atomic mass is 35.5. The Morgan fingerprint density at radius 2 is 1.96 bits per heavy atom. The quantitative estimate of drug-likeness (QED) is 0.585. The van der Waals surface area contributed by atoms with Crippen molar-refractivity contribution in [3.63, 3.8) is 0 Å². The number of hydrogen-bond acceptors (Lipinski definition) is 5. The maximum atomic E-state index is 6.15. The van der Waals surface area contributed by atoms with E-state index in [9.17, 15) is 0 Å². The number of benzene rings is 2. The third-order valence-corrected chi connectivity index (χ3v) is 4.44. The monoisotopic (exact) mass is 366 g/mol. The molecule has 2 aromatic carbocycles. The number of nitrogens with zero attached hydrogens (tertiary/aromatic N) is 5. The molecule has 0 fully saturated rings. The summed E-state index contributed by atoms with van der Waals surface area (Å²) in [6.07, 6.45) is 0. The van der Waals surface area contributed by atoms with E-state index in [0.717, 1.165) is 35.4 Å². The van der Waals surface area contributed by atoms with Crippen LogP contribution in [0.1, 0.15) is 0 Å². The van der Waals surface area contributed by atoms with Gasteiger partial charge in [-0.25, -0.2) is 4.98 Å². The summed E-state index contributed by atoms with van der Waals surface area (Å²) in [5, 5.41) is 13.8. The van der Waals surface area contributed by atoms with E-state index in [1.165, 1.54) is 0 Å². The minimum Gasteiger partial charge on any atom is -0.368 e. The Labute approximate surface area is 156 Å². The van der Waals surface area contributed by atoms with Gasteiger partial charge in [0.1, 0.15) is 11.5 Å². The van der Waals surface area contributed by atoms with Crippen molar-refractivity contribution in [2.24, 2.45) is 0 Å². The van der Waals surface area contributed by atoms with E-state index < -0.39 is 0 Å². The van der Waals surface area contributed by atoms with Crippen LogP contribution in [0.25, 0.3) is 27.8 Å². The molecule has 1 N–H and O–H groups in total. The second kappa shape index (κ2) is 6.90. The van der Waals surface area contributed by atoms with Gasteiger partial charge in [-0.3, -0.25) is 0 Å². The highest BCUT2D eigenvalue weighted by Gasteiger charge is 2.15. The molecule has 4 aromatic rings. The van der Waals surface area contributed by atoms with Gasteiger partial charge in [0.15, 0.2) is 5.65 Å². The number of anilines is 1. The number of hydrogen-bond donors (Lipinski definition) is 1. The second-order valence-corrected chi connectivity index (χ2v) is 6.83. The van der Waals surface area contributed by atoms with Crippen LogP contribution in [0.15, 0.2) is 48.5 Å². The van der Waals surface area contributed by atoms with Crippen molar-refractivity contribution in [3.8, 4) is 11.3 Å². The van der Waals surface area contributed by atoms with E-state index in [2.05, 4.69) is 34.6 Å². The molecule has 6 nitrogen and oxygen atoms in total. The molecule has 0 amide bonds. The maximum absolute atomic E-state index is 6.15. The predicted molar refractivity (Wildman–Crippen MR) is 106 cm³/mol. The van der Waals surface area contributed by atoms with Crippen LogP contribution in [0.2, 0.25) is 5.02 Å². The molecule has 0 saturated carbocycles. The van der Waals surface area contributed by atoms with Crippen LogP contribution in [0.5, 0.6) is 0 Å². The lowest BCUT2D eigenvalue weighted by Crippen LogP contribution is -2.21. The molecular weight excluding hydrogens is 348 g/mol. The number of nitrogens with one attached hydrogen (secondary N) is 1. The van der Waals surface area contributed by atoms with E-state index in [0.29, 0.717) is 16.4 Å². The largest absolute Gasteiger partial charge is 0.368 e. The fraction of sp³-hybridized carbons (Fsp3) is 0.211. The first-order valence-electron chi connectivity index (χ1n) is 8.42. The lowest BCUT2D eigenvalue weighted by molar-refractivity contribution is 0.425. The molecule has 2 heterocycles. The smallest absolute Gasteiger partial charge is 0.186 e. The van der Waals surface area contributed by atoms with Crippen LogP contribution < -0.4 is 5.32 Å². The summed E-state index contributed by atoms with van der Waals surface area (Å²) in [6, 6.07) is 15.6. The first-order chi connectivity index (χ1) is 12.6. The first kappa shape index (κ1) is 16.8. The molecular formula is C19H19ClN6. The van der Waals surface area contributed by atoms with Crippen LogP contribution in [-0.4, -0.2) is 51.9 Å². The van der Waals surface area contributed by atoms with Gasteiger partial charge in [0.05, 0.1) is 5.52 Å². The van der Waals surface area contributed by atoms with Crippen molar-refractivity contribution in [1.29, 1.82) is 0 Å². The van der Waals surface area contributed by atoms with Crippen LogP contribution in [-0.2, 0) is 0 Å². The molecule has 0 bridgehead atoms. The van der Waals surface area contributed by atoms with Gasteiger partial charge in [0.25, 0.3) is 0 Å². The molecule has 0 saturated heterocycles. The normalized spacial score (nSPS) is 11.5. The van der Waals surface area contributed by atoms with Crippen molar-refractivity contribution >= 4 is 34.0 Å². The average molecular weight is 367 g/mol. The van der Waals surface area contributed by atoms with Crippen LogP contribution in [0, 0.1) is 0 Å². The van der Waals surface area contributed by atoms with E-state index in [1.54, 1.807) is 4.52 Å². The van der Waals surface area contributed by atoms with Crippen LogP contribution in [0.3, 0.4) is 0 Å². The Morgan fingerprint density at radius 1 is 1.12 bits per heavy atom. The van der Waals surface area contributed by atoms with Crippen molar-refractivity contribution in [2.75, 3.05) is 32.5 Å². The molecule has 4 rings (SSSR count). The van der Waals surface area contributed by atoms with E-state index in [-0.39, 0.29) is 0 Å². The van der Waals surface area contributed by atoms with Crippen LogP contribution in [0.4, 0.5) is 5.82 Å². The molecule has 0 aliphatic rings. The number of aromatic nitrogens is 4. The minimum absolute atomic E-state index is 0.661. The molecule has 0 radical (unpaired) electrons. The average Bonchev–Trinajstić information content (AvgIpc) is 3.05. The molecule has 0 atom stereocenters. The zero-order valence-electron chi connectivity index (χ0n) is 14.6. The molecule has 2 aromatic heterocycles. The van der Waals surface area contributed by atoms with Gasteiger partial charge in [-0.1, -0.05) is 41.1 Å². The second-order valence-electron chi connectivity index (χ2n) is 6.39. The number of rotatable bonds is 5. The Bertz CT molecular complexity index is 1070. The van der Waals surface area contributed by atoms with Crippen molar-refractivity contribution in [2.45, 2.75) is 0 Å². The molecule has 132 valence electrons. The van der Waals surface area contributed by atoms with Gasteiger partial charge in [0, 0.05) is 29.1 Å². The fourth-order valence-electron chi connectivity index (χ4n) is 2.92. The summed E-state index contributed by atoms with van der Waals surface area (Å²) in [5.41, 5.74) is 3.28. The van der Waals surface area contributed by atoms with Crippen LogP contribution >= 0.6 is 11.6 Å². The summed E-state index contributed by atoms with van der Waals surface area (Å²) >= 11 is 6.15. The summed E-state index contributed by atoms with van der Waals surface area (Å²) in [4.78, 5) is 6.96. The lowest BCUT2D eigenvalue weighted by atomic mass is 10.1. The molecule has 26 heavy (non-hydrogen) atoms. The highest BCUT2D eigenvalue weighted by molar-refractivity contribution is 6.30. The van der Waals surface area contributed by atoms with E-state index in [1.807, 2.05) is 48.5 Å². The SMILES string of the molecule is CN(C)CCNc1nc2c(-c3cccc(Cl)c3)nnn2c2ccccc12. The lowest BCUT2D eigenvalue weighted by Gasteiger charge is -2.13. The standard InChI is InChI=1S/C19H19ClN6/c1-25(2)11-10-21-18-15-8-3-4-9-16(15)26-19(22-18)17(23-24-26)13-6-5-7-14(20)12-13/h3-9,12H,10-11H2,1-2H3,(H,21,22). The zero-order valence-corrected chi connectivity index (χ0v) is 15.4. The Morgan fingerprint density at radius 3 is 2.77 bits per heavy atom. The van der Waals surface area contributed by atoms with Crippen molar-refractivity contribution in [1.82, 2.24) is 24.7 Å². The van der Waals surface area contributed by atoms with Gasteiger partial charge in [-0.05, 0) is 38.4 Å².